The van der Waals surface area contributed by atoms with Gasteiger partial charge in [-0.05, 0) is 33.0 Å². The van der Waals surface area contributed by atoms with Gasteiger partial charge in [-0.25, -0.2) is 9.97 Å². The lowest BCUT2D eigenvalue weighted by atomic mass is 10.1. The lowest BCUT2D eigenvalue weighted by Gasteiger charge is -2.38. The van der Waals surface area contributed by atoms with E-state index in [0.717, 1.165) is 60.1 Å². The third kappa shape index (κ3) is 3.78. The van der Waals surface area contributed by atoms with Gasteiger partial charge in [0.1, 0.15) is 11.6 Å². The molecular formula is C22H28N6. The van der Waals surface area contributed by atoms with Crippen molar-refractivity contribution in [3.05, 3.63) is 54.1 Å². The standard InChI is InChI=1S/C22H28N6/c1-16-14-28(12-11-26(16)3)21-13-19(24-17(2)25-21)15-27(4)20-9-5-7-18-8-6-10-23-22(18)20/h5-10,13,16H,11-12,14-15H2,1-4H3/t16-/m0/s1. The maximum absolute atomic E-state index is 4.71. The molecule has 6 nitrogen and oxygen atoms in total. The van der Waals surface area contributed by atoms with Gasteiger partial charge in [0.25, 0.3) is 0 Å². The van der Waals surface area contributed by atoms with Gasteiger partial charge in [-0.1, -0.05) is 18.2 Å². The molecule has 2 aromatic heterocycles. The summed E-state index contributed by atoms with van der Waals surface area (Å²) < 4.78 is 0. The zero-order valence-corrected chi connectivity index (χ0v) is 17.1. The van der Waals surface area contributed by atoms with Gasteiger partial charge in [0, 0.05) is 50.4 Å². The first-order valence-corrected chi connectivity index (χ1v) is 9.86. The van der Waals surface area contributed by atoms with Gasteiger partial charge in [-0.15, -0.1) is 0 Å². The van der Waals surface area contributed by atoms with Gasteiger partial charge < -0.3 is 14.7 Å². The largest absolute Gasteiger partial charge is 0.367 e. The highest BCUT2D eigenvalue weighted by Gasteiger charge is 2.22. The number of rotatable bonds is 4. The van der Waals surface area contributed by atoms with Crippen molar-refractivity contribution in [2.45, 2.75) is 26.4 Å². The molecule has 0 N–H and O–H groups in total. The molecule has 1 atom stereocenters. The van der Waals surface area contributed by atoms with E-state index in [1.807, 2.05) is 19.2 Å². The SMILES string of the molecule is Cc1nc(CN(C)c2cccc3cccnc23)cc(N2CCN(C)[C@@H](C)C2)n1. The Hall–Kier alpha value is -2.73. The first-order chi connectivity index (χ1) is 13.5. The molecule has 4 rings (SSSR count). The Morgan fingerprint density at radius 3 is 2.79 bits per heavy atom. The summed E-state index contributed by atoms with van der Waals surface area (Å²) >= 11 is 0. The molecule has 1 aliphatic heterocycles. The Morgan fingerprint density at radius 2 is 1.96 bits per heavy atom. The molecule has 6 heteroatoms. The Kier molecular flexibility index (Phi) is 5.13. The molecule has 1 aromatic carbocycles. The molecule has 1 saturated heterocycles. The van der Waals surface area contributed by atoms with Gasteiger partial charge in [0.05, 0.1) is 23.4 Å². The molecule has 0 amide bonds. The summed E-state index contributed by atoms with van der Waals surface area (Å²) in [5, 5.41) is 1.15. The zero-order chi connectivity index (χ0) is 19.7. The summed E-state index contributed by atoms with van der Waals surface area (Å²) in [5.41, 5.74) is 3.17. The summed E-state index contributed by atoms with van der Waals surface area (Å²) in [5.74, 6) is 1.86. The van der Waals surface area contributed by atoms with Crippen LogP contribution in [0.1, 0.15) is 18.4 Å². The van der Waals surface area contributed by atoms with Crippen molar-refractivity contribution in [1.29, 1.82) is 0 Å². The summed E-state index contributed by atoms with van der Waals surface area (Å²) in [7, 11) is 4.28. The number of aromatic nitrogens is 3. The number of nitrogens with zero attached hydrogens (tertiary/aromatic N) is 6. The van der Waals surface area contributed by atoms with Crippen molar-refractivity contribution >= 4 is 22.4 Å². The topological polar surface area (TPSA) is 48.4 Å². The maximum Gasteiger partial charge on any atom is 0.132 e. The quantitative estimate of drug-likeness (QED) is 0.697. The van der Waals surface area contributed by atoms with E-state index in [0.29, 0.717) is 6.04 Å². The molecule has 0 bridgehead atoms. The minimum Gasteiger partial charge on any atom is -0.367 e. The average Bonchev–Trinajstić information content (AvgIpc) is 2.69. The van der Waals surface area contributed by atoms with Crippen LogP contribution < -0.4 is 9.80 Å². The molecule has 28 heavy (non-hydrogen) atoms. The molecule has 3 aromatic rings. The Morgan fingerprint density at radius 1 is 1.14 bits per heavy atom. The summed E-state index contributed by atoms with van der Waals surface area (Å²) in [6, 6.07) is 13.0. The number of benzene rings is 1. The van der Waals surface area contributed by atoms with Crippen molar-refractivity contribution in [2.24, 2.45) is 0 Å². The van der Waals surface area contributed by atoms with Crippen molar-refractivity contribution < 1.29 is 0 Å². The summed E-state index contributed by atoms with van der Waals surface area (Å²) in [4.78, 5) is 21.0. The predicted molar refractivity (Wildman–Crippen MR) is 115 cm³/mol. The minimum atomic E-state index is 0.525. The Bertz CT molecular complexity index is 967. The van der Waals surface area contributed by atoms with Crippen LogP contribution in [0.4, 0.5) is 11.5 Å². The van der Waals surface area contributed by atoms with Crippen molar-refractivity contribution in [3.63, 3.8) is 0 Å². The highest BCUT2D eigenvalue weighted by molar-refractivity contribution is 5.90. The molecule has 3 heterocycles. The van der Waals surface area contributed by atoms with E-state index >= 15 is 0 Å². The van der Waals surface area contributed by atoms with Crippen LogP contribution in [0.15, 0.2) is 42.6 Å². The zero-order valence-electron chi connectivity index (χ0n) is 17.1. The first kappa shape index (κ1) is 18.6. The molecule has 0 saturated carbocycles. The molecule has 0 aliphatic carbocycles. The van der Waals surface area contributed by atoms with Crippen LogP contribution in [0.25, 0.3) is 10.9 Å². The van der Waals surface area contributed by atoms with Gasteiger partial charge >= 0.3 is 0 Å². The number of para-hydroxylation sites is 1. The van der Waals surface area contributed by atoms with Gasteiger partial charge in [0.15, 0.2) is 0 Å². The Balaban J connectivity index is 1.58. The number of fused-ring (bicyclic) bond motifs is 1. The molecule has 0 radical (unpaired) electrons. The van der Waals surface area contributed by atoms with E-state index in [4.69, 9.17) is 9.97 Å². The minimum absolute atomic E-state index is 0.525. The second-order valence-electron chi connectivity index (χ2n) is 7.75. The fourth-order valence-corrected chi connectivity index (χ4v) is 3.84. The van der Waals surface area contributed by atoms with Crippen LogP contribution in [-0.4, -0.2) is 59.6 Å². The fraction of sp³-hybridized carbons (Fsp3) is 0.409. The van der Waals surface area contributed by atoms with Crippen LogP contribution >= 0.6 is 0 Å². The summed E-state index contributed by atoms with van der Waals surface area (Å²) in [6.07, 6.45) is 1.85. The van der Waals surface area contributed by atoms with E-state index in [1.165, 1.54) is 0 Å². The van der Waals surface area contributed by atoms with Crippen molar-refractivity contribution in [3.8, 4) is 0 Å². The van der Waals surface area contributed by atoms with E-state index < -0.39 is 0 Å². The predicted octanol–water partition coefficient (Wildman–Crippen LogP) is 3.11. The molecule has 0 unspecified atom stereocenters. The first-order valence-electron chi connectivity index (χ1n) is 9.86. The van der Waals surface area contributed by atoms with Crippen LogP contribution in [0.2, 0.25) is 0 Å². The third-order valence-electron chi connectivity index (χ3n) is 5.58. The van der Waals surface area contributed by atoms with Gasteiger partial charge in [-0.2, -0.15) is 0 Å². The van der Waals surface area contributed by atoms with Crippen LogP contribution in [0.3, 0.4) is 0 Å². The van der Waals surface area contributed by atoms with E-state index in [9.17, 15) is 0 Å². The molecule has 1 fully saturated rings. The van der Waals surface area contributed by atoms with E-state index in [2.05, 4.69) is 71.0 Å². The molecule has 146 valence electrons. The number of aryl methyl sites for hydroxylation is 1. The van der Waals surface area contributed by atoms with E-state index in [-0.39, 0.29) is 0 Å². The van der Waals surface area contributed by atoms with Crippen molar-refractivity contribution in [1.82, 2.24) is 19.9 Å². The number of likely N-dealkylation sites (N-methyl/N-ethyl adjacent to an activating group) is 1. The number of hydrogen-bond donors (Lipinski definition) is 0. The van der Waals surface area contributed by atoms with Crippen LogP contribution in [0.5, 0.6) is 0 Å². The molecule has 1 aliphatic rings. The fourth-order valence-electron chi connectivity index (χ4n) is 3.84. The second-order valence-corrected chi connectivity index (χ2v) is 7.75. The smallest absolute Gasteiger partial charge is 0.132 e. The number of pyridine rings is 1. The van der Waals surface area contributed by atoms with Crippen molar-refractivity contribution in [2.75, 3.05) is 43.5 Å². The number of hydrogen-bond acceptors (Lipinski definition) is 6. The number of piperazine rings is 1. The lowest BCUT2D eigenvalue weighted by Crippen LogP contribution is -2.50. The highest BCUT2D eigenvalue weighted by Crippen LogP contribution is 2.25. The normalized spacial score (nSPS) is 17.9. The monoisotopic (exact) mass is 376 g/mol. The van der Waals surface area contributed by atoms with Crippen LogP contribution in [-0.2, 0) is 6.54 Å². The molecular weight excluding hydrogens is 348 g/mol. The van der Waals surface area contributed by atoms with E-state index in [1.54, 1.807) is 0 Å². The highest BCUT2D eigenvalue weighted by atomic mass is 15.3. The molecule has 0 spiro atoms. The lowest BCUT2D eigenvalue weighted by molar-refractivity contribution is 0.233. The van der Waals surface area contributed by atoms with Gasteiger partial charge in [-0.3, -0.25) is 4.98 Å². The average molecular weight is 377 g/mol. The van der Waals surface area contributed by atoms with Gasteiger partial charge in [0.2, 0.25) is 0 Å². The van der Waals surface area contributed by atoms with Crippen LogP contribution in [0, 0.1) is 6.92 Å². The summed E-state index contributed by atoms with van der Waals surface area (Å²) in [6.45, 7) is 8.01. The number of anilines is 2. The third-order valence-corrected chi connectivity index (χ3v) is 5.58. The second kappa shape index (κ2) is 7.72. The maximum atomic E-state index is 4.71. The Labute approximate surface area is 166 Å².